The lowest BCUT2D eigenvalue weighted by Crippen LogP contribution is -2.37. The van der Waals surface area contributed by atoms with Crippen molar-refractivity contribution in [2.24, 2.45) is 0 Å². The van der Waals surface area contributed by atoms with E-state index in [1.54, 1.807) is 4.90 Å². The molecule has 0 saturated carbocycles. The van der Waals surface area contributed by atoms with Crippen LogP contribution >= 0.6 is 27.5 Å². The molecule has 144 valence electrons. The Morgan fingerprint density at radius 3 is 2.79 bits per heavy atom. The zero-order valence-electron chi connectivity index (χ0n) is 15.5. The van der Waals surface area contributed by atoms with Crippen LogP contribution in [0.2, 0.25) is 5.02 Å². The van der Waals surface area contributed by atoms with E-state index < -0.39 is 0 Å². The predicted octanol–water partition coefficient (Wildman–Crippen LogP) is 6.00. The third-order valence-electron chi connectivity index (χ3n) is 5.11. The molecule has 0 radical (unpaired) electrons. The van der Waals surface area contributed by atoms with Crippen molar-refractivity contribution in [1.29, 1.82) is 0 Å². The summed E-state index contributed by atoms with van der Waals surface area (Å²) in [5.74, 6) is 0. The van der Waals surface area contributed by atoms with E-state index in [0.29, 0.717) is 24.7 Å². The number of pyridine rings is 1. The van der Waals surface area contributed by atoms with Gasteiger partial charge in [-0.15, -0.1) is 0 Å². The quantitative estimate of drug-likeness (QED) is 0.525. The topological polar surface area (TPSA) is 42.4 Å². The minimum Gasteiger partial charge on any atom is -0.450 e. The molecule has 2 aromatic rings. The maximum atomic E-state index is 12.1. The average molecular weight is 460 g/mol. The molecule has 1 aliphatic carbocycles. The summed E-state index contributed by atoms with van der Waals surface area (Å²) in [7, 11) is 0. The highest BCUT2D eigenvalue weighted by molar-refractivity contribution is 9.15. The first-order valence-corrected chi connectivity index (χ1v) is 10.5. The van der Waals surface area contributed by atoms with Crippen molar-refractivity contribution in [3.63, 3.8) is 0 Å². The summed E-state index contributed by atoms with van der Waals surface area (Å²) in [5, 5.41) is 0.699. The second-order valence-corrected chi connectivity index (χ2v) is 8.08. The monoisotopic (exact) mass is 458 g/mol. The van der Waals surface area contributed by atoms with Gasteiger partial charge in [0.05, 0.1) is 12.3 Å². The van der Waals surface area contributed by atoms with Gasteiger partial charge in [-0.05, 0) is 55.2 Å². The van der Waals surface area contributed by atoms with Gasteiger partial charge in [0.15, 0.2) is 0 Å². The van der Waals surface area contributed by atoms with Gasteiger partial charge in [-0.25, -0.2) is 4.79 Å². The van der Waals surface area contributed by atoms with Gasteiger partial charge in [0, 0.05) is 39.9 Å². The third kappa shape index (κ3) is 3.61. The molecule has 2 aliphatic rings. The van der Waals surface area contributed by atoms with Gasteiger partial charge in [0.25, 0.3) is 0 Å². The number of benzene rings is 1. The van der Waals surface area contributed by atoms with Crippen LogP contribution in [0.5, 0.6) is 0 Å². The van der Waals surface area contributed by atoms with Crippen molar-refractivity contribution in [2.45, 2.75) is 19.8 Å². The third-order valence-corrected chi connectivity index (χ3v) is 6.00. The van der Waals surface area contributed by atoms with E-state index in [4.69, 9.17) is 21.3 Å². The summed E-state index contributed by atoms with van der Waals surface area (Å²) in [6.07, 6.45) is 5.28. The molecular weight excluding hydrogens is 440 g/mol. The molecule has 1 aliphatic heterocycles. The van der Waals surface area contributed by atoms with E-state index in [-0.39, 0.29) is 6.09 Å². The first-order valence-electron chi connectivity index (χ1n) is 9.35. The zero-order valence-corrected chi connectivity index (χ0v) is 17.9. The van der Waals surface area contributed by atoms with Crippen molar-refractivity contribution in [2.75, 3.05) is 19.7 Å². The molecule has 1 fully saturated rings. The second kappa shape index (κ2) is 8.10. The SMILES string of the molecule is CCOC(=O)N1CCC(=C2c3ccc(Cl)cc3C(Br)=Cc3cccnc32)CC1. The molecule has 0 unspecified atom stereocenters. The van der Waals surface area contributed by atoms with Crippen molar-refractivity contribution in [3.8, 4) is 0 Å². The largest absolute Gasteiger partial charge is 0.450 e. The highest BCUT2D eigenvalue weighted by Gasteiger charge is 2.27. The molecule has 0 spiro atoms. The minimum atomic E-state index is -0.234. The first kappa shape index (κ1) is 19.2. The number of hydrogen-bond donors (Lipinski definition) is 0. The Balaban J connectivity index is 1.81. The van der Waals surface area contributed by atoms with Gasteiger partial charge in [-0.3, -0.25) is 4.98 Å². The summed E-state index contributed by atoms with van der Waals surface area (Å²) in [5.41, 5.74) is 6.67. The number of ether oxygens (including phenoxy) is 1. The van der Waals surface area contributed by atoms with E-state index in [1.165, 1.54) is 5.57 Å². The normalized spacial score (nSPS) is 16.1. The van der Waals surface area contributed by atoms with Crippen LogP contribution in [0.3, 0.4) is 0 Å². The van der Waals surface area contributed by atoms with Crippen LogP contribution in [0.4, 0.5) is 4.79 Å². The molecule has 2 heterocycles. The number of aromatic nitrogens is 1. The highest BCUT2D eigenvalue weighted by Crippen LogP contribution is 2.42. The fourth-order valence-corrected chi connectivity index (χ4v) is 4.55. The minimum absolute atomic E-state index is 0.234. The molecule has 28 heavy (non-hydrogen) atoms. The van der Waals surface area contributed by atoms with Crippen molar-refractivity contribution in [3.05, 3.63) is 69.5 Å². The average Bonchev–Trinajstić information content (AvgIpc) is 2.82. The van der Waals surface area contributed by atoms with Crippen LogP contribution in [0, 0.1) is 0 Å². The molecule has 0 atom stereocenters. The number of hydrogen-bond acceptors (Lipinski definition) is 3. The van der Waals surface area contributed by atoms with Crippen LogP contribution < -0.4 is 0 Å². The molecule has 6 heteroatoms. The predicted molar refractivity (Wildman–Crippen MR) is 116 cm³/mol. The summed E-state index contributed by atoms with van der Waals surface area (Å²) in [6.45, 7) is 3.53. The summed E-state index contributed by atoms with van der Waals surface area (Å²) < 4.78 is 6.14. The molecule has 0 N–H and O–H groups in total. The van der Waals surface area contributed by atoms with Gasteiger partial charge < -0.3 is 9.64 Å². The number of likely N-dealkylation sites (tertiary alicyclic amines) is 1. The Kier molecular flexibility index (Phi) is 5.56. The number of fused-ring (bicyclic) bond motifs is 2. The number of carbonyl (C=O) groups excluding carboxylic acids is 1. The van der Waals surface area contributed by atoms with Gasteiger partial charge in [0.1, 0.15) is 0 Å². The van der Waals surface area contributed by atoms with Crippen molar-refractivity contribution >= 4 is 49.8 Å². The van der Waals surface area contributed by atoms with E-state index >= 15 is 0 Å². The molecule has 4 nitrogen and oxygen atoms in total. The number of nitrogens with zero attached hydrogens (tertiary/aromatic N) is 2. The van der Waals surface area contributed by atoms with Crippen LogP contribution in [0.15, 0.2) is 42.1 Å². The second-order valence-electron chi connectivity index (χ2n) is 6.79. The lowest BCUT2D eigenvalue weighted by molar-refractivity contribution is 0.104. The zero-order chi connectivity index (χ0) is 19.7. The summed E-state index contributed by atoms with van der Waals surface area (Å²) >= 11 is 10.0. The van der Waals surface area contributed by atoms with Crippen molar-refractivity contribution in [1.82, 2.24) is 9.88 Å². The molecule has 4 rings (SSSR count). The summed E-state index contributed by atoms with van der Waals surface area (Å²) in [4.78, 5) is 18.6. The molecular formula is C22H20BrClN2O2. The van der Waals surface area contributed by atoms with Gasteiger partial charge in [-0.2, -0.15) is 0 Å². The number of carbonyl (C=O) groups is 1. The molecule has 1 saturated heterocycles. The molecule has 0 bridgehead atoms. The maximum absolute atomic E-state index is 12.1. The van der Waals surface area contributed by atoms with Gasteiger partial charge in [-0.1, -0.05) is 45.2 Å². The lowest BCUT2D eigenvalue weighted by atomic mass is 9.88. The Hall–Kier alpha value is -2.11. The Labute approximate surface area is 178 Å². The van der Waals surface area contributed by atoms with Crippen LogP contribution in [0.1, 0.15) is 42.1 Å². The van der Waals surface area contributed by atoms with Crippen LogP contribution in [0.25, 0.3) is 16.1 Å². The molecule has 1 amide bonds. The van der Waals surface area contributed by atoms with E-state index in [2.05, 4.69) is 34.1 Å². The first-order chi connectivity index (χ1) is 13.6. The highest BCUT2D eigenvalue weighted by atomic mass is 79.9. The molecule has 1 aromatic heterocycles. The van der Waals surface area contributed by atoms with Gasteiger partial charge in [0.2, 0.25) is 0 Å². The van der Waals surface area contributed by atoms with Crippen LogP contribution in [-0.2, 0) is 4.74 Å². The fourth-order valence-electron chi connectivity index (χ4n) is 3.80. The number of amides is 1. The Bertz CT molecular complexity index is 990. The van der Waals surface area contributed by atoms with Crippen LogP contribution in [-0.4, -0.2) is 35.7 Å². The Morgan fingerprint density at radius 1 is 1.25 bits per heavy atom. The Morgan fingerprint density at radius 2 is 2.04 bits per heavy atom. The number of rotatable bonds is 1. The number of piperidine rings is 1. The number of halogens is 2. The summed E-state index contributed by atoms with van der Waals surface area (Å²) in [6, 6.07) is 9.99. The lowest BCUT2D eigenvalue weighted by Gasteiger charge is -2.29. The van der Waals surface area contributed by atoms with Crippen molar-refractivity contribution < 1.29 is 9.53 Å². The fraction of sp³-hybridized carbons (Fsp3) is 0.273. The van der Waals surface area contributed by atoms with E-state index in [1.807, 2.05) is 31.3 Å². The standard InChI is InChI=1S/C22H20BrClN2O2/c1-2-28-22(27)26-10-7-14(8-11-26)20-17-6-5-16(24)13-18(17)19(23)12-15-4-3-9-25-21(15)20/h3-6,9,12-13H,2,7-8,10-11H2,1H3. The smallest absolute Gasteiger partial charge is 0.409 e. The van der Waals surface area contributed by atoms with E-state index in [9.17, 15) is 4.79 Å². The maximum Gasteiger partial charge on any atom is 0.409 e. The van der Waals surface area contributed by atoms with E-state index in [0.717, 1.165) is 45.3 Å². The van der Waals surface area contributed by atoms with Gasteiger partial charge >= 0.3 is 6.09 Å². The molecule has 1 aromatic carbocycles.